The van der Waals surface area contributed by atoms with Crippen molar-refractivity contribution in [2.45, 2.75) is 58.4 Å². The van der Waals surface area contributed by atoms with Crippen LogP contribution in [0.25, 0.3) is 0 Å². The van der Waals surface area contributed by atoms with E-state index >= 15 is 0 Å². The zero-order valence-electron chi connectivity index (χ0n) is 22.7. The fourth-order valence-corrected chi connectivity index (χ4v) is 4.29. The third kappa shape index (κ3) is 10.6. The number of carboxylic acid groups (broad SMARTS) is 1. The Bertz CT molecular complexity index is 1000. The Kier molecular flexibility index (Phi) is 12.2. The third-order valence-corrected chi connectivity index (χ3v) is 6.40. The van der Waals surface area contributed by atoms with Gasteiger partial charge in [0.05, 0.1) is 6.61 Å². The van der Waals surface area contributed by atoms with E-state index in [-0.39, 0.29) is 18.9 Å². The van der Waals surface area contributed by atoms with Crippen molar-refractivity contribution in [3.05, 3.63) is 53.7 Å². The van der Waals surface area contributed by atoms with Gasteiger partial charge in [-0.05, 0) is 74.8 Å². The number of fused-ring (bicyclic) bond motifs is 1. The van der Waals surface area contributed by atoms with Gasteiger partial charge in [0.1, 0.15) is 24.2 Å². The number of carbonyl (C=O) groups is 2. The summed E-state index contributed by atoms with van der Waals surface area (Å²) in [5, 5.41) is 15.5. The Morgan fingerprint density at radius 1 is 1.11 bits per heavy atom. The van der Waals surface area contributed by atoms with Crippen molar-refractivity contribution in [2.75, 3.05) is 44.7 Å². The zero-order chi connectivity index (χ0) is 27.2. The summed E-state index contributed by atoms with van der Waals surface area (Å²) in [6.07, 6.45) is 4.62. The van der Waals surface area contributed by atoms with Gasteiger partial charge in [0.2, 0.25) is 0 Å². The second-order valence-corrected chi connectivity index (χ2v) is 10.1. The van der Waals surface area contributed by atoms with Crippen LogP contribution in [0.15, 0.2) is 42.5 Å². The number of aromatic nitrogens is 1. The van der Waals surface area contributed by atoms with Crippen LogP contribution in [-0.4, -0.2) is 72.5 Å². The minimum absolute atomic E-state index is 0.178. The summed E-state index contributed by atoms with van der Waals surface area (Å²) in [7, 11) is 0. The van der Waals surface area contributed by atoms with Gasteiger partial charge in [-0.1, -0.05) is 38.1 Å². The smallest absolute Gasteiger partial charge is 0.407 e. The summed E-state index contributed by atoms with van der Waals surface area (Å²) in [4.78, 5) is 30.8. The van der Waals surface area contributed by atoms with E-state index < -0.39 is 18.1 Å². The van der Waals surface area contributed by atoms with Gasteiger partial charge in [-0.15, -0.1) is 0 Å². The monoisotopic (exact) mass is 526 g/mol. The molecule has 1 aliphatic rings. The van der Waals surface area contributed by atoms with E-state index in [1.54, 1.807) is 0 Å². The van der Waals surface area contributed by atoms with Crippen molar-refractivity contribution >= 4 is 17.9 Å². The van der Waals surface area contributed by atoms with Crippen LogP contribution in [0.3, 0.4) is 0 Å². The molecule has 0 saturated heterocycles. The zero-order valence-corrected chi connectivity index (χ0v) is 22.7. The number of hydrogen-bond donors (Lipinski definition) is 3. The van der Waals surface area contributed by atoms with E-state index in [1.807, 2.05) is 44.2 Å². The Balaban J connectivity index is 1.49. The molecule has 9 nitrogen and oxygen atoms in total. The largest absolute Gasteiger partial charge is 0.492 e. The van der Waals surface area contributed by atoms with Crippen molar-refractivity contribution in [3.63, 3.8) is 0 Å². The molecule has 0 bridgehead atoms. The molecule has 1 atom stereocenters. The lowest BCUT2D eigenvalue weighted by molar-refractivity contribution is -0.139. The Labute approximate surface area is 225 Å². The maximum absolute atomic E-state index is 12.0. The maximum Gasteiger partial charge on any atom is 0.407 e. The van der Waals surface area contributed by atoms with E-state index in [0.29, 0.717) is 19.7 Å². The number of hydrogen-bond acceptors (Lipinski definition) is 7. The highest BCUT2D eigenvalue weighted by Gasteiger charge is 2.22. The van der Waals surface area contributed by atoms with Gasteiger partial charge in [-0.2, -0.15) is 0 Å². The molecule has 0 saturated carbocycles. The van der Waals surface area contributed by atoms with Gasteiger partial charge in [-0.25, -0.2) is 14.6 Å². The maximum atomic E-state index is 12.0. The van der Waals surface area contributed by atoms with Crippen LogP contribution in [0.4, 0.5) is 10.6 Å². The standard InChI is InChI=1S/C29H42N4O5/c1-22(2)21-38-29(36)32-26(28(34)35)15-18-33(19-20-37-25-11-4-3-5-12-25)17-7-6-10-24-14-13-23-9-8-16-30-27(23)31-24/h3-5,11-14,22,26H,6-10,15-21H2,1-2H3,(H,30,31)(H,32,36)(H,34,35). The normalized spacial score (nSPS) is 13.5. The fraction of sp³-hybridized carbons (Fsp3) is 0.552. The molecule has 208 valence electrons. The lowest BCUT2D eigenvalue weighted by Gasteiger charge is -2.24. The molecule has 3 N–H and O–H groups in total. The second kappa shape index (κ2) is 15.8. The summed E-state index contributed by atoms with van der Waals surface area (Å²) in [6, 6.07) is 12.9. The number of carbonyl (C=O) groups excluding carboxylic acids is 1. The summed E-state index contributed by atoms with van der Waals surface area (Å²) < 4.78 is 11.0. The van der Waals surface area contributed by atoms with Gasteiger partial charge >= 0.3 is 12.1 Å². The summed E-state index contributed by atoms with van der Waals surface area (Å²) in [5.74, 6) is 0.932. The predicted octanol–water partition coefficient (Wildman–Crippen LogP) is 4.37. The number of carboxylic acids is 1. The number of rotatable bonds is 16. The summed E-state index contributed by atoms with van der Waals surface area (Å²) >= 11 is 0. The van der Waals surface area contributed by atoms with Crippen LogP contribution < -0.4 is 15.4 Å². The number of aryl methyl sites for hydroxylation is 2. The number of alkyl carbamates (subject to hydrolysis) is 1. The number of unbranched alkanes of at least 4 members (excludes halogenated alkanes) is 1. The molecule has 3 rings (SSSR count). The number of ether oxygens (including phenoxy) is 2. The van der Waals surface area contributed by atoms with E-state index in [9.17, 15) is 14.7 Å². The molecule has 0 radical (unpaired) electrons. The second-order valence-electron chi connectivity index (χ2n) is 10.1. The molecule has 9 heteroatoms. The van der Waals surface area contributed by atoms with Gasteiger partial charge in [-0.3, -0.25) is 4.90 Å². The van der Waals surface area contributed by atoms with Gasteiger partial charge < -0.3 is 25.2 Å². The van der Waals surface area contributed by atoms with Crippen LogP contribution >= 0.6 is 0 Å². The molecule has 0 fully saturated rings. The Morgan fingerprint density at radius 3 is 2.68 bits per heavy atom. The molecular formula is C29H42N4O5. The van der Waals surface area contributed by atoms with Crippen LogP contribution in [0.2, 0.25) is 0 Å². The van der Waals surface area contributed by atoms with Crippen molar-refractivity contribution in [3.8, 4) is 5.75 Å². The van der Waals surface area contributed by atoms with Crippen LogP contribution in [0.1, 0.15) is 50.8 Å². The quantitative estimate of drug-likeness (QED) is 0.277. The first-order valence-corrected chi connectivity index (χ1v) is 13.7. The number of para-hydroxylation sites is 1. The first-order valence-electron chi connectivity index (χ1n) is 13.7. The molecular weight excluding hydrogens is 484 g/mol. The van der Waals surface area contributed by atoms with E-state index in [2.05, 4.69) is 27.7 Å². The van der Waals surface area contributed by atoms with E-state index in [1.165, 1.54) is 5.56 Å². The van der Waals surface area contributed by atoms with Crippen LogP contribution in [-0.2, 0) is 22.4 Å². The number of aliphatic carboxylic acids is 1. The van der Waals surface area contributed by atoms with Gasteiger partial charge in [0.25, 0.3) is 0 Å². The molecule has 38 heavy (non-hydrogen) atoms. The highest BCUT2D eigenvalue weighted by molar-refractivity contribution is 5.79. The topological polar surface area (TPSA) is 113 Å². The SMILES string of the molecule is CC(C)COC(=O)NC(CCN(CCCCc1ccc2c(n1)NCCC2)CCOc1ccccc1)C(=O)O. The number of benzene rings is 1. The van der Waals surface area contributed by atoms with Gasteiger partial charge in [0.15, 0.2) is 0 Å². The Morgan fingerprint density at radius 2 is 1.92 bits per heavy atom. The molecule has 0 spiro atoms. The first kappa shape index (κ1) is 29.2. The minimum atomic E-state index is -1.07. The average molecular weight is 527 g/mol. The number of amides is 1. The molecule has 1 aliphatic heterocycles. The highest BCUT2D eigenvalue weighted by Crippen LogP contribution is 2.20. The predicted molar refractivity (Wildman–Crippen MR) is 148 cm³/mol. The number of anilines is 1. The fourth-order valence-electron chi connectivity index (χ4n) is 4.29. The molecule has 1 amide bonds. The number of nitrogens with one attached hydrogen (secondary N) is 2. The molecule has 1 aromatic heterocycles. The Hall–Kier alpha value is -3.33. The van der Waals surface area contributed by atoms with Crippen molar-refractivity contribution in [2.24, 2.45) is 5.92 Å². The number of nitrogens with zero attached hydrogens (tertiary/aromatic N) is 2. The molecule has 0 aliphatic carbocycles. The van der Waals surface area contributed by atoms with E-state index in [4.69, 9.17) is 14.5 Å². The molecule has 1 unspecified atom stereocenters. The molecule has 2 aromatic rings. The van der Waals surface area contributed by atoms with Crippen molar-refractivity contribution in [1.82, 2.24) is 15.2 Å². The van der Waals surface area contributed by atoms with Crippen LogP contribution in [0, 0.1) is 5.92 Å². The lowest BCUT2D eigenvalue weighted by Crippen LogP contribution is -2.44. The lowest BCUT2D eigenvalue weighted by atomic mass is 10.1. The van der Waals surface area contributed by atoms with Crippen molar-refractivity contribution in [1.29, 1.82) is 0 Å². The third-order valence-electron chi connectivity index (χ3n) is 6.40. The van der Waals surface area contributed by atoms with E-state index in [0.717, 1.165) is 62.5 Å². The summed E-state index contributed by atoms with van der Waals surface area (Å²) in [5.41, 5.74) is 2.38. The minimum Gasteiger partial charge on any atom is -0.492 e. The first-order chi connectivity index (χ1) is 18.4. The van der Waals surface area contributed by atoms with Crippen molar-refractivity contribution < 1.29 is 24.2 Å². The van der Waals surface area contributed by atoms with Crippen LogP contribution in [0.5, 0.6) is 5.75 Å². The van der Waals surface area contributed by atoms with Gasteiger partial charge in [0, 0.05) is 25.3 Å². The molecule has 1 aromatic carbocycles. The highest BCUT2D eigenvalue weighted by atomic mass is 16.5. The molecule has 2 heterocycles. The summed E-state index contributed by atoms with van der Waals surface area (Å²) in [6.45, 7) is 7.53. The number of pyridine rings is 1. The average Bonchev–Trinajstić information content (AvgIpc) is 2.92.